The number of carbonyl (C=O) groups excluding carboxylic acids is 1. The molecule has 4 rings (SSSR count). The minimum absolute atomic E-state index is 0.359. The fourth-order valence-corrected chi connectivity index (χ4v) is 5.18. The lowest BCUT2D eigenvalue weighted by atomic mass is 9.99. The molecule has 0 amide bonds. The van der Waals surface area contributed by atoms with Gasteiger partial charge in [0.25, 0.3) is 0 Å². The molecule has 1 aliphatic rings. The maximum Gasteiger partial charge on any atom is 0.338 e. The lowest BCUT2D eigenvalue weighted by Gasteiger charge is -2.29. The van der Waals surface area contributed by atoms with E-state index in [0.29, 0.717) is 22.8 Å². The molecule has 0 spiro atoms. The third kappa shape index (κ3) is 3.62. The highest BCUT2D eigenvalue weighted by atomic mass is 127. The van der Waals surface area contributed by atoms with Crippen molar-refractivity contribution in [3.63, 3.8) is 0 Å². The number of carbonyl (C=O) groups is 1. The van der Waals surface area contributed by atoms with Crippen LogP contribution in [0.15, 0.2) is 42.9 Å². The van der Waals surface area contributed by atoms with Crippen LogP contribution < -0.4 is 0 Å². The predicted octanol–water partition coefficient (Wildman–Crippen LogP) is 5.22. The number of hydrogen-bond donors (Lipinski definition) is 0. The fraction of sp³-hybridized carbons (Fsp3) is 0.350. The molecule has 0 saturated carbocycles. The van der Waals surface area contributed by atoms with E-state index in [4.69, 9.17) is 32.7 Å². The summed E-state index contributed by atoms with van der Waals surface area (Å²) in [5.74, 6) is -0.428. The normalized spacial score (nSPS) is 26.7. The van der Waals surface area contributed by atoms with Crippen LogP contribution in [0.4, 0.5) is 0 Å². The first-order valence-electron chi connectivity index (χ1n) is 9.11. The van der Waals surface area contributed by atoms with Crippen molar-refractivity contribution in [2.24, 2.45) is 0 Å². The summed E-state index contributed by atoms with van der Waals surface area (Å²) in [5, 5.41) is 1.11. The van der Waals surface area contributed by atoms with Crippen LogP contribution in [0.1, 0.15) is 36.9 Å². The average Bonchev–Trinajstić information content (AvgIpc) is 3.17. The molecule has 4 atom stereocenters. The average molecular weight is 546 g/mol. The molecule has 0 bridgehead atoms. The van der Waals surface area contributed by atoms with E-state index in [0.717, 1.165) is 8.96 Å². The van der Waals surface area contributed by atoms with Gasteiger partial charge in [-0.25, -0.2) is 14.8 Å². The zero-order valence-electron chi connectivity index (χ0n) is 15.7. The number of benzene rings is 1. The van der Waals surface area contributed by atoms with Crippen LogP contribution in [-0.4, -0.2) is 37.6 Å². The first kappa shape index (κ1) is 20.8. The van der Waals surface area contributed by atoms with E-state index in [1.807, 2.05) is 30.7 Å². The Bertz CT molecular complexity index is 1060. The Morgan fingerprint density at radius 1 is 1.34 bits per heavy atom. The number of rotatable bonds is 4. The van der Waals surface area contributed by atoms with Crippen LogP contribution in [0, 0.1) is 3.57 Å². The topological polar surface area (TPSA) is 66.2 Å². The molecular weight excluding hydrogens is 528 g/mol. The van der Waals surface area contributed by atoms with Gasteiger partial charge in [0, 0.05) is 9.77 Å². The van der Waals surface area contributed by atoms with Gasteiger partial charge in [0.15, 0.2) is 12.3 Å². The number of hydrogen-bond acceptors (Lipinski definition) is 5. The Hall–Kier alpha value is -1.42. The van der Waals surface area contributed by atoms with Gasteiger partial charge in [-0.15, -0.1) is 11.6 Å². The molecule has 6 nitrogen and oxygen atoms in total. The quantitative estimate of drug-likeness (QED) is 0.195. The number of ether oxygens (including phenoxy) is 2. The zero-order valence-corrected chi connectivity index (χ0v) is 19.4. The van der Waals surface area contributed by atoms with Crippen molar-refractivity contribution in [1.29, 1.82) is 0 Å². The van der Waals surface area contributed by atoms with Crippen LogP contribution in [0.3, 0.4) is 0 Å². The molecule has 3 heterocycles. The van der Waals surface area contributed by atoms with E-state index in [2.05, 4.69) is 32.6 Å². The molecule has 3 aromatic rings. The van der Waals surface area contributed by atoms with Crippen molar-refractivity contribution in [2.75, 3.05) is 0 Å². The lowest BCUT2D eigenvalue weighted by Crippen LogP contribution is -2.42. The summed E-state index contributed by atoms with van der Waals surface area (Å²) in [6.45, 7) is 3.79. The minimum atomic E-state index is -1.02. The van der Waals surface area contributed by atoms with Gasteiger partial charge < -0.3 is 14.0 Å². The van der Waals surface area contributed by atoms with E-state index < -0.39 is 23.2 Å². The smallest absolute Gasteiger partial charge is 0.338 e. The zero-order chi connectivity index (χ0) is 20.8. The maximum absolute atomic E-state index is 12.7. The van der Waals surface area contributed by atoms with Crippen molar-refractivity contribution < 1.29 is 14.3 Å². The van der Waals surface area contributed by atoms with Crippen LogP contribution >= 0.6 is 45.8 Å². The standard InChI is InChI=1S/C20H18Cl2IN3O3/c1-3-13-15(29-18(27)11-7-5-4-6-8-11)20(2,22)19(28-13)26-9-12(23)14-16(21)24-10-25-17(14)26/h4-10,13,15,19H,3H2,1-2H3/t13-,15-,19-,20-/m1/s1. The maximum atomic E-state index is 12.7. The second-order valence-corrected chi connectivity index (χ2v) is 9.36. The van der Waals surface area contributed by atoms with Gasteiger partial charge in [-0.05, 0) is 48.1 Å². The molecule has 1 saturated heterocycles. The highest BCUT2D eigenvalue weighted by Crippen LogP contribution is 2.47. The highest BCUT2D eigenvalue weighted by molar-refractivity contribution is 14.1. The van der Waals surface area contributed by atoms with Crippen LogP contribution in [0.25, 0.3) is 11.0 Å². The molecule has 152 valence electrons. The fourth-order valence-electron chi connectivity index (χ4n) is 3.65. The molecule has 1 aromatic carbocycles. The molecule has 1 aliphatic heterocycles. The first-order chi connectivity index (χ1) is 13.8. The van der Waals surface area contributed by atoms with Crippen molar-refractivity contribution in [1.82, 2.24) is 14.5 Å². The first-order valence-corrected chi connectivity index (χ1v) is 10.9. The largest absolute Gasteiger partial charge is 0.454 e. The van der Waals surface area contributed by atoms with E-state index >= 15 is 0 Å². The summed E-state index contributed by atoms with van der Waals surface area (Å²) in [7, 11) is 0. The second kappa shape index (κ2) is 8.02. The molecule has 29 heavy (non-hydrogen) atoms. The summed E-state index contributed by atoms with van der Waals surface area (Å²) < 4.78 is 14.8. The molecule has 0 N–H and O–H groups in total. The Kier molecular flexibility index (Phi) is 5.76. The van der Waals surface area contributed by atoms with Crippen molar-refractivity contribution >= 4 is 62.8 Å². The summed E-state index contributed by atoms with van der Waals surface area (Å²) in [4.78, 5) is 20.1. The van der Waals surface area contributed by atoms with E-state index in [-0.39, 0.29) is 6.10 Å². The summed E-state index contributed by atoms with van der Waals surface area (Å²) in [6.07, 6.45) is 2.33. The predicted molar refractivity (Wildman–Crippen MR) is 119 cm³/mol. The highest BCUT2D eigenvalue weighted by Gasteiger charge is 2.55. The number of nitrogens with zero attached hydrogens (tertiary/aromatic N) is 3. The second-order valence-electron chi connectivity index (χ2n) is 7.03. The Morgan fingerprint density at radius 3 is 2.76 bits per heavy atom. The number of halogens is 3. The Balaban J connectivity index is 1.71. The monoisotopic (exact) mass is 545 g/mol. The summed E-state index contributed by atoms with van der Waals surface area (Å²) >= 11 is 15.4. The van der Waals surface area contributed by atoms with Crippen molar-refractivity contribution in [2.45, 2.75) is 43.6 Å². The summed E-state index contributed by atoms with van der Waals surface area (Å²) in [5.41, 5.74) is 1.09. The molecule has 0 aliphatic carbocycles. The van der Waals surface area contributed by atoms with Gasteiger partial charge in [0.1, 0.15) is 22.0 Å². The number of fused-ring (bicyclic) bond motifs is 1. The molecule has 1 fully saturated rings. The van der Waals surface area contributed by atoms with E-state index in [1.165, 1.54) is 6.33 Å². The van der Waals surface area contributed by atoms with Crippen LogP contribution in [-0.2, 0) is 9.47 Å². The van der Waals surface area contributed by atoms with Gasteiger partial charge in [0.2, 0.25) is 0 Å². The van der Waals surface area contributed by atoms with Gasteiger partial charge in [-0.2, -0.15) is 0 Å². The van der Waals surface area contributed by atoms with E-state index in [9.17, 15) is 4.79 Å². The Labute approximate surface area is 191 Å². The SMILES string of the molecule is CC[C@H]1O[C@@H](n2cc(I)c3c(Cl)ncnc32)[C@](C)(Cl)[C@@H]1OC(=O)c1ccccc1. The third-order valence-corrected chi connectivity index (χ3v) is 6.60. The van der Waals surface area contributed by atoms with Crippen molar-refractivity contribution in [3.8, 4) is 0 Å². The number of aromatic nitrogens is 3. The molecule has 0 unspecified atom stereocenters. The van der Waals surface area contributed by atoms with Gasteiger partial charge in [-0.3, -0.25) is 0 Å². The van der Waals surface area contributed by atoms with Crippen LogP contribution in [0.2, 0.25) is 5.15 Å². The summed E-state index contributed by atoms with van der Waals surface area (Å²) in [6, 6.07) is 8.85. The van der Waals surface area contributed by atoms with Gasteiger partial charge in [-0.1, -0.05) is 36.7 Å². The molecule has 2 aromatic heterocycles. The minimum Gasteiger partial charge on any atom is -0.454 e. The van der Waals surface area contributed by atoms with E-state index in [1.54, 1.807) is 24.3 Å². The van der Waals surface area contributed by atoms with Gasteiger partial charge >= 0.3 is 5.97 Å². The third-order valence-electron chi connectivity index (χ3n) is 5.10. The van der Waals surface area contributed by atoms with Crippen LogP contribution in [0.5, 0.6) is 0 Å². The van der Waals surface area contributed by atoms with Gasteiger partial charge in [0.05, 0.1) is 17.1 Å². The molecule has 0 radical (unpaired) electrons. The number of esters is 1. The lowest BCUT2D eigenvalue weighted by molar-refractivity contribution is -0.0286. The molecule has 9 heteroatoms. The van der Waals surface area contributed by atoms with Crippen molar-refractivity contribution in [3.05, 3.63) is 57.1 Å². The number of alkyl halides is 1. The Morgan fingerprint density at radius 2 is 2.07 bits per heavy atom. The molecular formula is C20H18Cl2IN3O3.